The quantitative estimate of drug-likeness (QED) is 0.682. The van der Waals surface area contributed by atoms with Crippen LogP contribution in [0.4, 0.5) is 17.5 Å². The highest BCUT2D eigenvalue weighted by molar-refractivity contribution is 5.97. The van der Waals surface area contributed by atoms with Crippen molar-refractivity contribution in [2.45, 2.75) is 32.7 Å². The van der Waals surface area contributed by atoms with Crippen LogP contribution in [-0.4, -0.2) is 28.5 Å². The molecule has 1 aromatic carbocycles. The first-order valence-corrected chi connectivity index (χ1v) is 8.44. The van der Waals surface area contributed by atoms with Gasteiger partial charge in [-0.25, -0.2) is 4.98 Å². The molecule has 3 rings (SSSR count). The summed E-state index contributed by atoms with van der Waals surface area (Å²) < 4.78 is 5.66. The van der Waals surface area contributed by atoms with Gasteiger partial charge in [-0.2, -0.15) is 4.98 Å². The summed E-state index contributed by atoms with van der Waals surface area (Å²) in [4.78, 5) is 20.1. The third-order valence-corrected chi connectivity index (χ3v) is 3.67. The van der Waals surface area contributed by atoms with Crippen molar-refractivity contribution in [2.75, 3.05) is 17.2 Å². The molecule has 1 aliphatic carbocycles. The second-order valence-corrected chi connectivity index (χ2v) is 6.59. The number of aromatic nitrogens is 2. The molecule has 2 aromatic rings. The van der Waals surface area contributed by atoms with E-state index in [0.29, 0.717) is 35.9 Å². The Kier molecular flexibility index (Phi) is 5.02. The van der Waals surface area contributed by atoms with Crippen molar-refractivity contribution >= 4 is 23.4 Å². The Labute approximate surface area is 147 Å². The van der Waals surface area contributed by atoms with Crippen molar-refractivity contribution in [3.8, 4) is 5.75 Å². The number of ether oxygens (including phenoxy) is 1. The van der Waals surface area contributed by atoms with E-state index in [1.807, 2.05) is 24.3 Å². The summed E-state index contributed by atoms with van der Waals surface area (Å²) in [5.41, 5.74) is 6.52. The molecule has 0 spiro atoms. The molecule has 0 saturated heterocycles. The van der Waals surface area contributed by atoms with Crippen LogP contribution in [0.15, 0.2) is 30.5 Å². The number of nitrogens with zero attached hydrogens (tertiary/aromatic N) is 2. The number of rotatable bonds is 8. The highest BCUT2D eigenvalue weighted by Crippen LogP contribution is 2.26. The summed E-state index contributed by atoms with van der Waals surface area (Å²) in [6, 6.07) is 7.94. The predicted molar refractivity (Wildman–Crippen MR) is 97.3 cm³/mol. The molecular formula is C18H23N5O2. The molecule has 132 valence electrons. The number of hydrogen-bond donors (Lipinski definition) is 3. The van der Waals surface area contributed by atoms with E-state index in [1.165, 1.54) is 6.20 Å². The van der Waals surface area contributed by atoms with Crippen LogP contribution in [-0.2, 0) is 0 Å². The summed E-state index contributed by atoms with van der Waals surface area (Å²) in [5, 5.41) is 6.34. The molecule has 1 heterocycles. The molecule has 1 fully saturated rings. The molecule has 0 atom stereocenters. The lowest BCUT2D eigenvalue weighted by atomic mass is 10.2. The van der Waals surface area contributed by atoms with Crippen LogP contribution in [0.25, 0.3) is 0 Å². The van der Waals surface area contributed by atoms with Gasteiger partial charge in [-0.05, 0) is 43.0 Å². The van der Waals surface area contributed by atoms with E-state index in [2.05, 4.69) is 34.4 Å². The molecular weight excluding hydrogens is 318 g/mol. The predicted octanol–water partition coefficient (Wildman–Crippen LogP) is 2.93. The Hall–Kier alpha value is -2.83. The van der Waals surface area contributed by atoms with Gasteiger partial charge in [0.1, 0.15) is 11.6 Å². The van der Waals surface area contributed by atoms with E-state index in [9.17, 15) is 4.79 Å². The van der Waals surface area contributed by atoms with E-state index < -0.39 is 5.91 Å². The molecule has 1 saturated carbocycles. The maximum Gasteiger partial charge on any atom is 0.254 e. The van der Waals surface area contributed by atoms with Crippen LogP contribution in [0.5, 0.6) is 5.75 Å². The van der Waals surface area contributed by atoms with Crippen LogP contribution in [0, 0.1) is 5.92 Å². The van der Waals surface area contributed by atoms with Crippen LogP contribution >= 0.6 is 0 Å². The van der Waals surface area contributed by atoms with Crippen LogP contribution in [0.3, 0.4) is 0 Å². The highest BCUT2D eigenvalue weighted by Gasteiger charge is 2.24. The van der Waals surface area contributed by atoms with Gasteiger partial charge >= 0.3 is 0 Å². The number of nitrogens with one attached hydrogen (secondary N) is 2. The number of amides is 1. The standard InChI is InChI=1S/C18H23N5O2/c1-11(2)10-25-14-7-5-13(6-8-14)22-18-20-9-15(16(19)24)17(23-18)21-12-3-4-12/h5-9,11-12H,3-4,10H2,1-2H3,(H2,19,24)(H2,20,21,22,23). The molecule has 7 heteroatoms. The third-order valence-electron chi connectivity index (χ3n) is 3.67. The minimum Gasteiger partial charge on any atom is -0.493 e. The molecule has 0 unspecified atom stereocenters. The zero-order chi connectivity index (χ0) is 17.8. The molecule has 1 amide bonds. The lowest BCUT2D eigenvalue weighted by Gasteiger charge is -2.12. The van der Waals surface area contributed by atoms with Gasteiger partial charge in [0.05, 0.1) is 12.2 Å². The molecule has 4 N–H and O–H groups in total. The monoisotopic (exact) mass is 341 g/mol. The second-order valence-electron chi connectivity index (χ2n) is 6.59. The van der Waals surface area contributed by atoms with Gasteiger partial charge in [0.15, 0.2) is 0 Å². The third kappa shape index (κ3) is 4.82. The smallest absolute Gasteiger partial charge is 0.254 e. The van der Waals surface area contributed by atoms with Crippen LogP contribution in [0.1, 0.15) is 37.0 Å². The summed E-state index contributed by atoms with van der Waals surface area (Å²) in [6.07, 6.45) is 3.59. The number of carbonyl (C=O) groups is 1. The minimum absolute atomic E-state index is 0.301. The first-order valence-electron chi connectivity index (χ1n) is 8.44. The van der Waals surface area contributed by atoms with Gasteiger partial charge in [0.2, 0.25) is 5.95 Å². The minimum atomic E-state index is -0.540. The van der Waals surface area contributed by atoms with E-state index in [1.54, 1.807) is 0 Å². The largest absolute Gasteiger partial charge is 0.493 e. The molecule has 0 bridgehead atoms. The fourth-order valence-electron chi connectivity index (χ4n) is 2.18. The number of hydrogen-bond acceptors (Lipinski definition) is 6. The zero-order valence-corrected chi connectivity index (χ0v) is 14.5. The molecule has 1 aromatic heterocycles. The van der Waals surface area contributed by atoms with E-state index in [0.717, 1.165) is 24.3 Å². The Morgan fingerprint density at radius 2 is 2.04 bits per heavy atom. The second kappa shape index (κ2) is 7.38. The summed E-state index contributed by atoms with van der Waals surface area (Å²) in [7, 11) is 0. The summed E-state index contributed by atoms with van der Waals surface area (Å²) >= 11 is 0. The van der Waals surface area contributed by atoms with E-state index >= 15 is 0 Å². The molecule has 0 radical (unpaired) electrons. The molecule has 7 nitrogen and oxygen atoms in total. The Morgan fingerprint density at radius 3 is 2.64 bits per heavy atom. The van der Waals surface area contributed by atoms with Gasteiger partial charge in [-0.15, -0.1) is 0 Å². The fraction of sp³-hybridized carbons (Fsp3) is 0.389. The highest BCUT2D eigenvalue weighted by atomic mass is 16.5. The van der Waals surface area contributed by atoms with Gasteiger partial charge in [-0.3, -0.25) is 4.79 Å². The average molecular weight is 341 g/mol. The van der Waals surface area contributed by atoms with Gasteiger partial charge in [0, 0.05) is 17.9 Å². The SMILES string of the molecule is CC(C)COc1ccc(Nc2ncc(C(N)=O)c(NC3CC3)n2)cc1. The van der Waals surface area contributed by atoms with Gasteiger partial charge < -0.3 is 21.1 Å². The maximum absolute atomic E-state index is 11.5. The van der Waals surface area contributed by atoms with Crippen molar-refractivity contribution in [3.63, 3.8) is 0 Å². The number of benzene rings is 1. The molecule has 25 heavy (non-hydrogen) atoms. The summed E-state index contributed by atoms with van der Waals surface area (Å²) in [5.74, 6) is 1.64. The fourth-order valence-corrected chi connectivity index (χ4v) is 2.18. The van der Waals surface area contributed by atoms with Gasteiger partial charge in [-0.1, -0.05) is 13.8 Å². The lowest BCUT2D eigenvalue weighted by Crippen LogP contribution is -2.17. The lowest BCUT2D eigenvalue weighted by molar-refractivity contribution is 0.100. The van der Waals surface area contributed by atoms with E-state index in [4.69, 9.17) is 10.5 Å². The number of primary amides is 1. The Balaban J connectivity index is 1.70. The first-order chi connectivity index (χ1) is 12.0. The van der Waals surface area contributed by atoms with Crippen molar-refractivity contribution in [3.05, 3.63) is 36.0 Å². The first kappa shape index (κ1) is 17.0. The van der Waals surface area contributed by atoms with Crippen molar-refractivity contribution in [1.29, 1.82) is 0 Å². The summed E-state index contributed by atoms with van der Waals surface area (Å²) in [6.45, 7) is 4.90. The van der Waals surface area contributed by atoms with Crippen molar-refractivity contribution < 1.29 is 9.53 Å². The number of carbonyl (C=O) groups excluding carboxylic acids is 1. The molecule has 0 aliphatic heterocycles. The Morgan fingerprint density at radius 1 is 1.32 bits per heavy atom. The van der Waals surface area contributed by atoms with Crippen LogP contribution < -0.4 is 21.1 Å². The topological polar surface area (TPSA) is 102 Å². The Bertz CT molecular complexity index is 742. The number of anilines is 3. The van der Waals surface area contributed by atoms with Gasteiger partial charge in [0.25, 0.3) is 5.91 Å². The normalized spacial score (nSPS) is 13.6. The average Bonchev–Trinajstić information content (AvgIpc) is 3.38. The van der Waals surface area contributed by atoms with E-state index in [-0.39, 0.29) is 0 Å². The molecule has 1 aliphatic rings. The van der Waals surface area contributed by atoms with Crippen LogP contribution in [0.2, 0.25) is 0 Å². The van der Waals surface area contributed by atoms with Crippen molar-refractivity contribution in [1.82, 2.24) is 9.97 Å². The van der Waals surface area contributed by atoms with Crippen molar-refractivity contribution in [2.24, 2.45) is 11.7 Å². The maximum atomic E-state index is 11.5. The number of nitrogens with two attached hydrogens (primary N) is 1. The zero-order valence-electron chi connectivity index (χ0n) is 14.5.